The molecule has 0 spiro atoms. The van der Waals surface area contributed by atoms with Gasteiger partial charge >= 0.3 is 6.18 Å². The van der Waals surface area contributed by atoms with Crippen LogP contribution in [0.15, 0.2) is 16.7 Å². The molecule has 1 heterocycles. The van der Waals surface area contributed by atoms with Crippen molar-refractivity contribution >= 4 is 28.3 Å². The first-order valence-electron chi connectivity index (χ1n) is 7.87. The van der Waals surface area contributed by atoms with Gasteiger partial charge in [0.05, 0.1) is 12.0 Å². The number of alkyl halides is 3. The average molecular weight is 375 g/mol. The van der Waals surface area contributed by atoms with E-state index in [9.17, 15) is 13.2 Å². The van der Waals surface area contributed by atoms with Crippen LogP contribution < -0.4 is 10.5 Å². The normalized spacial score (nSPS) is 11.7. The van der Waals surface area contributed by atoms with Crippen LogP contribution in [0.1, 0.15) is 31.0 Å². The smallest absolute Gasteiger partial charge is 0.437 e. The molecule has 0 saturated heterocycles. The van der Waals surface area contributed by atoms with E-state index in [1.54, 1.807) is 11.9 Å². The van der Waals surface area contributed by atoms with E-state index < -0.39 is 11.9 Å². The third-order valence-electron chi connectivity index (χ3n) is 3.74. The van der Waals surface area contributed by atoms with Gasteiger partial charge in [0, 0.05) is 19.2 Å². The number of rotatable bonds is 7. The highest BCUT2D eigenvalue weighted by Gasteiger charge is 2.37. The van der Waals surface area contributed by atoms with E-state index in [1.165, 1.54) is 12.1 Å². The van der Waals surface area contributed by atoms with Crippen LogP contribution in [0.3, 0.4) is 0 Å². The predicted molar refractivity (Wildman–Crippen MR) is 92.5 cm³/mol. The number of hydrogen-bond acceptors (Lipinski definition) is 4. The fraction of sp³-hybridized carbons (Fsp3) is 0.500. The molecule has 0 amide bonds. The van der Waals surface area contributed by atoms with Gasteiger partial charge in [0.25, 0.3) is 0 Å². The SMILES string of the molecule is CCCc1c(OCCCN(C)C(N)=S)ccc2c(C(F)(F)F)noc12. The van der Waals surface area contributed by atoms with Gasteiger partial charge in [-0.3, -0.25) is 0 Å². The van der Waals surface area contributed by atoms with Crippen LogP contribution in [-0.4, -0.2) is 35.4 Å². The molecular formula is C16H20F3N3O2S. The first kappa shape index (κ1) is 19.3. The fourth-order valence-corrected chi connectivity index (χ4v) is 2.55. The Labute approximate surface area is 148 Å². The molecule has 0 fully saturated rings. The highest BCUT2D eigenvalue weighted by Crippen LogP contribution is 2.38. The summed E-state index contributed by atoms with van der Waals surface area (Å²) in [7, 11) is 1.78. The Morgan fingerprint density at radius 2 is 2.12 bits per heavy atom. The average Bonchev–Trinajstić information content (AvgIpc) is 2.97. The first-order valence-corrected chi connectivity index (χ1v) is 8.28. The van der Waals surface area contributed by atoms with Crippen molar-refractivity contribution in [1.29, 1.82) is 0 Å². The van der Waals surface area contributed by atoms with Crippen LogP contribution >= 0.6 is 12.2 Å². The molecule has 0 bridgehead atoms. The van der Waals surface area contributed by atoms with Gasteiger partial charge in [-0.05, 0) is 37.2 Å². The lowest BCUT2D eigenvalue weighted by atomic mass is 10.0. The number of thiocarbonyl (C=S) groups is 1. The minimum atomic E-state index is -4.55. The molecule has 2 rings (SSSR count). The highest BCUT2D eigenvalue weighted by atomic mass is 32.1. The maximum Gasteiger partial charge on any atom is 0.437 e. The van der Waals surface area contributed by atoms with Crippen molar-refractivity contribution in [3.05, 3.63) is 23.4 Å². The second-order valence-electron chi connectivity index (χ2n) is 5.66. The molecule has 1 aromatic heterocycles. The summed E-state index contributed by atoms with van der Waals surface area (Å²) in [6.07, 6.45) is -2.61. The molecule has 25 heavy (non-hydrogen) atoms. The van der Waals surface area contributed by atoms with Gasteiger partial charge in [-0.2, -0.15) is 13.2 Å². The van der Waals surface area contributed by atoms with Gasteiger partial charge in [0.15, 0.2) is 16.4 Å². The Morgan fingerprint density at radius 3 is 2.72 bits per heavy atom. The largest absolute Gasteiger partial charge is 0.493 e. The Bertz CT molecular complexity index is 746. The molecule has 0 radical (unpaired) electrons. The van der Waals surface area contributed by atoms with Crippen LogP contribution in [0.4, 0.5) is 13.2 Å². The summed E-state index contributed by atoms with van der Waals surface area (Å²) >= 11 is 4.85. The van der Waals surface area contributed by atoms with Gasteiger partial charge in [-0.1, -0.05) is 18.5 Å². The van der Waals surface area contributed by atoms with E-state index >= 15 is 0 Å². The molecule has 0 aliphatic rings. The summed E-state index contributed by atoms with van der Waals surface area (Å²) in [6.45, 7) is 2.94. The molecule has 9 heteroatoms. The summed E-state index contributed by atoms with van der Waals surface area (Å²) in [5, 5.41) is 3.45. The van der Waals surface area contributed by atoms with Crippen molar-refractivity contribution < 1.29 is 22.4 Å². The predicted octanol–water partition coefficient (Wildman–Crippen LogP) is 3.74. The number of aromatic nitrogens is 1. The summed E-state index contributed by atoms with van der Waals surface area (Å²) in [5.74, 6) is 0.511. The Kier molecular flexibility index (Phi) is 6.10. The lowest BCUT2D eigenvalue weighted by Crippen LogP contribution is -2.33. The molecule has 0 unspecified atom stereocenters. The molecule has 1 aromatic carbocycles. The van der Waals surface area contributed by atoms with Crippen molar-refractivity contribution in [2.24, 2.45) is 5.73 Å². The number of ether oxygens (including phenoxy) is 1. The second kappa shape index (κ2) is 7.90. The lowest BCUT2D eigenvalue weighted by Gasteiger charge is -2.17. The minimum absolute atomic E-state index is 0.0449. The number of aryl methyl sites for hydroxylation is 1. The van der Waals surface area contributed by atoms with E-state index in [0.717, 1.165) is 6.42 Å². The zero-order chi connectivity index (χ0) is 18.6. The summed E-state index contributed by atoms with van der Waals surface area (Å²) in [6, 6.07) is 2.88. The molecule has 0 aliphatic carbocycles. The monoisotopic (exact) mass is 375 g/mol. The topological polar surface area (TPSA) is 64.5 Å². The van der Waals surface area contributed by atoms with Crippen LogP contribution in [-0.2, 0) is 12.6 Å². The highest BCUT2D eigenvalue weighted by molar-refractivity contribution is 7.80. The number of nitrogens with two attached hydrogens (primary N) is 1. The van der Waals surface area contributed by atoms with Crippen molar-refractivity contribution in [3.8, 4) is 5.75 Å². The van der Waals surface area contributed by atoms with Crippen molar-refractivity contribution in [2.75, 3.05) is 20.2 Å². The molecule has 5 nitrogen and oxygen atoms in total. The molecule has 0 atom stereocenters. The zero-order valence-corrected chi connectivity index (χ0v) is 14.8. The van der Waals surface area contributed by atoms with Crippen LogP contribution in [0.25, 0.3) is 11.0 Å². The van der Waals surface area contributed by atoms with E-state index in [1.807, 2.05) is 6.92 Å². The Balaban J connectivity index is 2.19. The summed E-state index contributed by atoms with van der Waals surface area (Å²) in [4.78, 5) is 1.72. The van der Waals surface area contributed by atoms with E-state index in [-0.39, 0.29) is 11.0 Å². The third kappa shape index (κ3) is 4.53. The lowest BCUT2D eigenvalue weighted by molar-refractivity contribution is -0.141. The standard InChI is InChI=1S/C16H20F3N3O2S/c1-3-5-10-12(23-9-4-8-22(2)15(20)25)7-6-11-13(10)24-21-14(11)16(17,18)19/h6-7H,3-5,8-9H2,1-2H3,(H2,20,25). The molecule has 2 N–H and O–H groups in total. The van der Waals surface area contributed by atoms with E-state index in [0.29, 0.717) is 42.4 Å². The van der Waals surface area contributed by atoms with Gasteiger partial charge in [0.1, 0.15) is 5.75 Å². The minimum Gasteiger partial charge on any atom is -0.493 e. The van der Waals surface area contributed by atoms with Gasteiger partial charge in [0.2, 0.25) is 0 Å². The fourth-order valence-electron chi connectivity index (χ4n) is 2.46. The van der Waals surface area contributed by atoms with E-state index in [2.05, 4.69) is 5.16 Å². The maximum atomic E-state index is 13.0. The van der Waals surface area contributed by atoms with Crippen molar-refractivity contribution in [3.63, 3.8) is 0 Å². The van der Waals surface area contributed by atoms with Crippen LogP contribution in [0, 0.1) is 0 Å². The van der Waals surface area contributed by atoms with Crippen molar-refractivity contribution in [2.45, 2.75) is 32.4 Å². The Morgan fingerprint density at radius 1 is 1.40 bits per heavy atom. The van der Waals surface area contributed by atoms with E-state index in [4.69, 9.17) is 27.2 Å². The number of halogens is 3. The van der Waals surface area contributed by atoms with Crippen LogP contribution in [0.5, 0.6) is 5.75 Å². The molecule has 2 aromatic rings. The zero-order valence-electron chi connectivity index (χ0n) is 14.0. The maximum absolute atomic E-state index is 13.0. The summed E-state index contributed by atoms with van der Waals surface area (Å²) < 4.78 is 49.7. The van der Waals surface area contributed by atoms with Crippen molar-refractivity contribution in [1.82, 2.24) is 10.1 Å². The first-order chi connectivity index (χ1) is 11.8. The summed E-state index contributed by atoms with van der Waals surface area (Å²) in [5.41, 5.74) is 5.22. The third-order valence-corrected chi connectivity index (χ3v) is 4.05. The molecule has 138 valence electrons. The van der Waals surface area contributed by atoms with Crippen LogP contribution in [0.2, 0.25) is 0 Å². The number of fused-ring (bicyclic) bond motifs is 1. The Hall–Kier alpha value is -2.03. The quantitative estimate of drug-likeness (QED) is 0.587. The van der Waals surface area contributed by atoms with Gasteiger partial charge in [-0.25, -0.2) is 0 Å². The molecule has 0 saturated carbocycles. The number of benzene rings is 1. The number of hydrogen-bond donors (Lipinski definition) is 1. The number of nitrogens with zero attached hydrogens (tertiary/aromatic N) is 2. The second-order valence-corrected chi connectivity index (χ2v) is 6.08. The van der Waals surface area contributed by atoms with Gasteiger partial charge in [-0.15, -0.1) is 0 Å². The molecule has 0 aliphatic heterocycles. The molecular weight excluding hydrogens is 355 g/mol. The van der Waals surface area contributed by atoms with Gasteiger partial charge < -0.3 is 19.9 Å².